The average Bonchev–Trinajstić information content (AvgIpc) is 3.57. The third-order valence-electron chi connectivity index (χ3n) is 6.39. The molecule has 0 radical (unpaired) electrons. The third-order valence-corrected chi connectivity index (χ3v) is 7.45. The average molecular weight is 464 g/mol. The van der Waals surface area contributed by atoms with Crippen LogP contribution in [0.15, 0.2) is 41.2 Å². The van der Waals surface area contributed by atoms with Crippen molar-refractivity contribution in [3.8, 4) is 0 Å². The number of unbranched alkanes of at least 4 members (excludes halogenated alkanes) is 1. The Morgan fingerprint density at radius 1 is 1.36 bits per heavy atom. The van der Waals surface area contributed by atoms with Gasteiger partial charge in [-0.2, -0.15) is 0 Å². The van der Waals surface area contributed by atoms with Crippen LogP contribution in [0, 0.1) is 6.92 Å². The Morgan fingerprint density at radius 3 is 3.12 bits per heavy atom. The number of thiazole rings is 1. The number of hydrogen-bond donors (Lipinski definition) is 2. The maximum atomic E-state index is 13.1. The second-order valence-electron chi connectivity index (χ2n) is 8.72. The zero-order valence-corrected chi connectivity index (χ0v) is 19.9. The molecule has 0 saturated carbocycles. The molecule has 1 aliphatic rings. The van der Waals surface area contributed by atoms with Gasteiger partial charge in [-0.05, 0) is 31.4 Å². The van der Waals surface area contributed by atoms with Crippen molar-refractivity contribution >= 4 is 33.3 Å². The van der Waals surface area contributed by atoms with Crippen LogP contribution in [0.3, 0.4) is 0 Å². The number of nitrogens with zero attached hydrogens (tertiary/aromatic N) is 3. The van der Waals surface area contributed by atoms with E-state index in [1.165, 1.54) is 22.3 Å². The quantitative estimate of drug-likeness (QED) is 0.383. The fourth-order valence-corrected chi connectivity index (χ4v) is 5.36. The first-order valence-corrected chi connectivity index (χ1v) is 12.4. The summed E-state index contributed by atoms with van der Waals surface area (Å²) in [4.78, 5) is 23.9. The number of amides is 1. The lowest BCUT2D eigenvalue weighted by Crippen LogP contribution is -2.36. The maximum Gasteiger partial charge on any atom is 0.263 e. The molecule has 3 aromatic heterocycles. The fraction of sp³-hybridized carbons (Fsp3) is 0.400. The van der Waals surface area contributed by atoms with E-state index < -0.39 is 0 Å². The van der Waals surface area contributed by atoms with Crippen molar-refractivity contribution in [3.05, 3.63) is 64.1 Å². The number of aromatic nitrogens is 3. The Morgan fingerprint density at radius 2 is 2.24 bits per heavy atom. The minimum Gasteiger partial charge on any atom is -0.361 e. The molecule has 5 rings (SSSR count). The molecule has 7 nitrogen and oxygen atoms in total. The van der Waals surface area contributed by atoms with Gasteiger partial charge < -0.3 is 19.7 Å². The van der Waals surface area contributed by atoms with Crippen molar-refractivity contribution < 1.29 is 9.32 Å². The number of nitrogens with one attached hydrogen (secondary N) is 2. The first-order chi connectivity index (χ1) is 16.1. The van der Waals surface area contributed by atoms with Crippen LogP contribution in [-0.4, -0.2) is 33.6 Å². The van der Waals surface area contributed by atoms with Gasteiger partial charge in [0, 0.05) is 41.7 Å². The fourth-order valence-electron chi connectivity index (χ4n) is 4.52. The zero-order chi connectivity index (χ0) is 22.8. The number of fused-ring (bicyclic) bond motifs is 2. The number of hydrogen-bond acceptors (Lipinski definition) is 6. The summed E-state index contributed by atoms with van der Waals surface area (Å²) in [6.07, 6.45) is 8.52. The minimum absolute atomic E-state index is 0.0430. The number of para-hydroxylation sites is 1. The monoisotopic (exact) mass is 463 g/mol. The zero-order valence-electron chi connectivity index (χ0n) is 19.1. The summed E-state index contributed by atoms with van der Waals surface area (Å²) >= 11 is 1.45. The van der Waals surface area contributed by atoms with Gasteiger partial charge >= 0.3 is 0 Å². The van der Waals surface area contributed by atoms with E-state index in [2.05, 4.69) is 56.7 Å². The molecule has 0 aliphatic carbocycles. The predicted octanol–water partition coefficient (Wildman–Crippen LogP) is 5.01. The summed E-state index contributed by atoms with van der Waals surface area (Å²) in [5, 5.41) is 9.46. The lowest BCUT2D eigenvalue weighted by Gasteiger charge is -2.25. The Bertz CT molecular complexity index is 1260. The highest BCUT2D eigenvalue weighted by atomic mass is 32.1. The van der Waals surface area contributed by atoms with Gasteiger partial charge in [0.25, 0.3) is 5.91 Å². The van der Waals surface area contributed by atoms with Crippen LogP contribution < -0.4 is 10.2 Å². The van der Waals surface area contributed by atoms with Gasteiger partial charge in [-0.1, -0.05) is 54.5 Å². The second-order valence-corrected chi connectivity index (χ2v) is 9.73. The van der Waals surface area contributed by atoms with Crippen molar-refractivity contribution in [2.24, 2.45) is 0 Å². The Kier molecular flexibility index (Phi) is 6.17. The van der Waals surface area contributed by atoms with Crippen LogP contribution in [-0.2, 0) is 19.4 Å². The molecule has 0 bridgehead atoms. The van der Waals surface area contributed by atoms with Gasteiger partial charge in [0.15, 0.2) is 5.13 Å². The predicted molar refractivity (Wildman–Crippen MR) is 131 cm³/mol. The van der Waals surface area contributed by atoms with Gasteiger partial charge in [-0.25, -0.2) is 4.98 Å². The van der Waals surface area contributed by atoms with Gasteiger partial charge in [0.2, 0.25) is 0 Å². The first kappa shape index (κ1) is 21.7. The van der Waals surface area contributed by atoms with E-state index in [1.54, 1.807) is 6.20 Å². The third kappa shape index (κ3) is 4.53. The molecule has 4 heterocycles. The Balaban J connectivity index is 1.28. The van der Waals surface area contributed by atoms with Crippen LogP contribution in [0.5, 0.6) is 0 Å². The molecule has 0 fully saturated rings. The lowest BCUT2D eigenvalue weighted by molar-refractivity contribution is 0.0938. The molecule has 0 saturated heterocycles. The molecular formula is C25H29N5O2S. The molecule has 33 heavy (non-hydrogen) atoms. The number of H-pyrrole nitrogens is 1. The number of rotatable bonds is 8. The largest absolute Gasteiger partial charge is 0.361 e. The molecular weight excluding hydrogens is 434 g/mol. The molecule has 2 N–H and O–H groups in total. The molecule has 8 heteroatoms. The maximum absolute atomic E-state index is 13.1. The standard InChI is InChI=1S/C25H29N5O2S/c1-3-4-7-18(12-17-13-26-21-9-6-5-8-19(17)21)28-24(31)23-14-27-25(33-23)30-11-10-22-20(15-30)16(2)29-32-22/h5-6,8-9,13-14,18,26H,3-4,7,10-12,15H2,1-2H3,(H,28,31). The summed E-state index contributed by atoms with van der Waals surface area (Å²) < 4.78 is 5.40. The number of aryl methyl sites for hydroxylation is 1. The number of anilines is 1. The minimum atomic E-state index is -0.0430. The molecule has 172 valence electrons. The molecule has 0 spiro atoms. The van der Waals surface area contributed by atoms with E-state index in [-0.39, 0.29) is 11.9 Å². The van der Waals surface area contributed by atoms with E-state index in [1.807, 2.05) is 13.0 Å². The van der Waals surface area contributed by atoms with E-state index in [9.17, 15) is 4.79 Å². The number of benzene rings is 1. The second kappa shape index (κ2) is 9.39. The first-order valence-electron chi connectivity index (χ1n) is 11.6. The normalized spacial score (nSPS) is 14.4. The van der Waals surface area contributed by atoms with Crippen molar-refractivity contribution in [1.82, 2.24) is 20.4 Å². The van der Waals surface area contributed by atoms with Crippen LogP contribution in [0.4, 0.5) is 5.13 Å². The van der Waals surface area contributed by atoms with Crippen LogP contribution in [0.1, 0.15) is 58.4 Å². The molecule has 4 aromatic rings. The summed E-state index contributed by atoms with van der Waals surface area (Å²) in [5.41, 5.74) is 4.44. The van der Waals surface area contributed by atoms with Gasteiger partial charge in [-0.15, -0.1) is 0 Å². The molecule has 1 unspecified atom stereocenters. The van der Waals surface area contributed by atoms with Gasteiger partial charge in [0.05, 0.1) is 18.4 Å². The van der Waals surface area contributed by atoms with Crippen LogP contribution in [0.2, 0.25) is 0 Å². The molecule has 1 amide bonds. The van der Waals surface area contributed by atoms with Crippen LogP contribution in [0.25, 0.3) is 10.9 Å². The summed E-state index contributed by atoms with van der Waals surface area (Å²) in [6.45, 7) is 5.69. The number of carbonyl (C=O) groups is 1. The van der Waals surface area contributed by atoms with Gasteiger partial charge in [-0.3, -0.25) is 4.79 Å². The van der Waals surface area contributed by atoms with Gasteiger partial charge in [0.1, 0.15) is 10.6 Å². The van der Waals surface area contributed by atoms with E-state index >= 15 is 0 Å². The summed E-state index contributed by atoms with van der Waals surface area (Å²) in [7, 11) is 0. The molecule has 1 aliphatic heterocycles. The smallest absolute Gasteiger partial charge is 0.263 e. The van der Waals surface area contributed by atoms with Crippen LogP contribution >= 0.6 is 11.3 Å². The van der Waals surface area contributed by atoms with Crippen molar-refractivity contribution in [1.29, 1.82) is 0 Å². The number of carbonyl (C=O) groups excluding carboxylic acids is 1. The molecule has 1 atom stereocenters. The Hall–Kier alpha value is -3.13. The highest BCUT2D eigenvalue weighted by molar-refractivity contribution is 7.17. The SMILES string of the molecule is CCCCC(Cc1c[nH]c2ccccc12)NC(=O)c1cnc(N2CCc3onc(C)c3C2)s1. The highest BCUT2D eigenvalue weighted by Crippen LogP contribution is 2.30. The summed E-state index contributed by atoms with van der Waals surface area (Å²) in [6, 6.07) is 8.40. The highest BCUT2D eigenvalue weighted by Gasteiger charge is 2.25. The molecule has 1 aromatic carbocycles. The van der Waals surface area contributed by atoms with Crippen molar-refractivity contribution in [2.45, 2.75) is 58.5 Å². The van der Waals surface area contributed by atoms with Crippen molar-refractivity contribution in [3.63, 3.8) is 0 Å². The topological polar surface area (TPSA) is 87.0 Å². The van der Waals surface area contributed by atoms with E-state index in [0.717, 1.165) is 72.9 Å². The van der Waals surface area contributed by atoms with Crippen molar-refractivity contribution in [2.75, 3.05) is 11.4 Å². The summed E-state index contributed by atoms with van der Waals surface area (Å²) in [5.74, 6) is 0.924. The number of aromatic amines is 1. The Labute approximate surface area is 197 Å². The van der Waals surface area contributed by atoms with E-state index in [0.29, 0.717) is 4.88 Å². The van der Waals surface area contributed by atoms with E-state index in [4.69, 9.17) is 4.52 Å². The lowest BCUT2D eigenvalue weighted by atomic mass is 10.0.